The number of nitrogens with one attached hydrogen (secondary N) is 2. The quantitative estimate of drug-likeness (QED) is 0.613. The van der Waals surface area contributed by atoms with Crippen LogP contribution in [-0.2, 0) is 0 Å². The number of benzene rings is 2. The fourth-order valence-electron chi connectivity index (χ4n) is 2.27. The van der Waals surface area contributed by atoms with Gasteiger partial charge in [-0.3, -0.25) is 4.79 Å². The SMILES string of the molecule is Cc1cccc(NC(=O)c2c[nH]c3cc(N)ccc23)c1Br. The number of halogens is 1. The Kier molecular flexibility index (Phi) is 3.43. The van der Waals surface area contributed by atoms with E-state index in [4.69, 9.17) is 5.73 Å². The van der Waals surface area contributed by atoms with Crippen LogP contribution in [0.3, 0.4) is 0 Å². The summed E-state index contributed by atoms with van der Waals surface area (Å²) in [5, 5.41) is 3.78. The highest BCUT2D eigenvalue weighted by atomic mass is 79.9. The standard InChI is InChI=1S/C16H14BrN3O/c1-9-3-2-4-13(15(9)17)20-16(21)12-8-19-14-7-10(18)5-6-11(12)14/h2-8,19H,18H2,1H3,(H,20,21). The van der Waals surface area contributed by atoms with Crippen molar-refractivity contribution in [3.05, 3.63) is 58.2 Å². The van der Waals surface area contributed by atoms with E-state index >= 15 is 0 Å². The van der Waals surface area contributed by atoms with Crippen LogP contribution in [0.2, 0.25) is 0 Å². The minimum atomic E-state index is -0.155. The minimum absolute atomic E-state index is 0.155. The number of aromatic amines is 1. The number of carbonyl (C=O) groups is 1. The number of hydrogen-bond donors (Lipinski definition) is 3. The molecule has 3 rings (SSSR count). The number of nitrogens with two attached hydrogens (primary N) is 1. The summed E-state index contributed by atoms with van der Waals surface area (Å²) >= 11 is 3.49. The number of carbonyl (C=O) groups excluding carboxylic acids is 1. The molecule has 4 nitrogen and oxygen atoms in total. The fourth-order valence-corrected chi connectivity index (χ4v) is 2.63. The molecule has 0 radical (unpaired) electrons. The van der Waals surface area contributed by atoms with Gasteiger partial charge in [-0.05, 0) is 52.7 Å². The maximum absolute atomic E-state index is 12.5. The summed E-state index contributed by atoms with van der Waals surface area (Å²) in [6.07, 6.45) is 1.70. The second kappa shape index (κ2) is 5.26. The molecule has 0 spiro atoms. The van der Waals surface area contributed by atoms with E-state index in [9.17, 15) is 4.79 Å². The van der Waals surface area contributed by atoms with Crippen molar-refractivity contribution in [2.75, 3.05) is 11.1 Å². The average molecular weight is 344 g/mol. The first kappa shape index (κ1) is 13.7. The Morgan fingerprint density at radius 1 is 1.29 bits per heavy atom. The molecule has 4 N–H and O–H groups in total. The zero-order valence-electron chi connectivity index (χ0n) is 11.4. The lowest BCUT2D eigenvalue weighted by molar-refractivity contribution is 0.102. The van der Waals surface area contributed by atoms with E-state index in [1.54, 1.807) is 12.3 Å². The van der Waals surface area contributed by atoms with Gasteiger partial charge in [-0.25, -0.2) is 0 Å². The Labute approximate surface area is 130 Å². The van der Waals surface area contributed by atoms with Crippen molar-refractivity contribution < 1.29 is 4.79 Å². The highest BCUT2D eigenvalue weighted by Crippen LogP contribution is 2.27. The number of anilines is 2. The van der Waals surface area contributed by atoms with Crippen LogP contribution in [0, 0.1) is 6.92 Å². The van der Waals surface area contributed by atoms with E-state index in [-0.39, 0.29) is 5.91 Å². The molecule has 0 bridgehead atoms. The number of nitrogen functional groups attached to an aromatic ring is 1. The molecule has 5 heteroatoms. The number of amides is 1. The Balaban J connectivity index is 1.96. The minimum Gasteiger partial charge on any atom is -0.399 e. The number of hydrogen-bond acceptors (Lipinski definition) is 2. The molecule has 0 saturated carbocycles. The first-order valence-electron chi connectivity index (χ1n) is 6.49. The number of fused-ring (bicyclic) bond motifs is 1. The number of aromatic nitrogens is 1. The molecule has 3 aromatic rings. The largest absolute Gasteiger partial charge is 0.399 e. The summed E-state index contributed by atoms with van der Waals surface area (Å²) in [5.41, 5.74) is 9.68. The van der Waals surface area contributed by atoms with Crippen molar-refractivity contribution >= 4 is 44.1 Å². The number of rotatable bonds is 2. The molecule has 0 aliphatic heterocycles. The second-order valence-electron chi connectivity index (χ2n) is 4.90. The van der Waals surface area contributed by atoms with Gasteiger partial charge in [-0.15, -0.1) is 0 Å². The van der Waals surface area contributed by atoms with Crippen molar-refractivity contribution in [3.8, 4) is 0 Å². The van der Waals surface area contributed by atoms with Gasteiger partial charge in [0, 0.05) is 27.3 Å². The average Bonchev–Trinajstić information content (AvgIpc) is 2.86. The van der Waals surface area contributed by atoms with E-state index in [1.165, 1.54) is 0 Å². The lowest BCUT2D eigenvalue weighted by Crippen LogP contribution is -2.12. The summed E-state index contributed by atoms with van der Waals surface area (Å²) in [4.78, 5) is 15.5. The van der Waals surface area contributed by atoms with Gasteiger partial charge in [-0.1, -0.05) is 12.1 Å². The van der Waals surface area contributed by atoms with Crippen LogP contribution < -0.4 is 11.1 Å². The molecule has 0 atom stereocenters. The molecule has 0 unspecified atom stereocenters. The lowest BCUT2D eigenvalue weighted by Gasteiger charge is -2.08. The topological polar surface area (TPSA) is 70.9 Å². The van der Waals surface area contributed by atoms with Crippen molar-refractivity contribution in [2.24, 2.45) is 0 Å². The maximum Gasteiger partial charge on any atom is 0.257 e. The van der Waals surface area contributed by atoms with Crippen molar-refractivity contribution in [2.45, 2.75) is 6.92 Å². The highest BCUT2D eigenvalue weighted by Gasteiger charge is 2.13. The van der Waals surface area contributed by atoms with Gasteiger partial charge in [0.15, 0.2) is 0 Å². The van der Waals surface area contributed by atoms with Crippen LogP contribution in [0.25, 0.3) is 10.9 Å². The summed E-state index contributed by atoms with van der Waals surface area (Å²) in [6.45, 7) is 1.98. The summed E-state index contributed by atoms with van der Waals surface area (Å²) in [6, 6.07) is 11.2. The maximum atomic E-state index is 12.5. The Hall–Kier alpha value is -2.27. The van der Waals surface area contributed by atoms with Crippen LogP contribution in [0.1, 0.15) is 15.9 Å². The van der Waals surface area contributed by atoms with Gasteiger partial charge < -0.3 is 16.0 Å². The normalized spacial score (nSPS) is 10.8. The zero-order valence-corrected chi connectivity index (χ0v) is 13.0. The third kappa shape index (κ3) is 2.52. The summed E-state index contributed by atoms with van der Waals surface area (Å²) < 4.78 is 0.891. The third-order valence-corrected chi connectivity index (χ3v) is 4.44. The van der Waals surface area contributed by atoms with E-state index in [2.05, 4.69) is 26.2 Å². The van der Waals surface area contributed by atoms with Crippen LogP contribution in [0.4, 0.5) is 11.4 Å². The predicted molar refractivity (Wildman–Crippen MR) is 89.5 cm³/mol. The molecule has 0 aliphatic rings. The van der Waals surface area contributed by atoms with Crippen molar-refractivity contribution in [3.63, 3.8) is 0 Å². The van der Waals surface area contributed by atoms with E-state index in [0.29, 0.717) is 11.3 Å². The zero-order chi connectivity index (χ0) is 15.0. The van der Waals surface area contributed by atoms with Gasteiger partial charge in [0.05, 0.1) is 11.3 Å². The molecule has 1 heterocycles. The monoisotopic (exact) mass is 343 g/mol. The van der Waals surface area contributed by atoms with Crippen LogP contribution in [0.15, 0.2) is 47.1 Å². The first-order chi connectivity index (χ1) is 10.1. The summed E-state index contributed by atoms with van der Waals surface area (Å²) in [7, 11) is 0. The Bertz CT molecular complexity index is 839. The van der Waals surface area contributed by atoms with Gasteiger partial charge in [0.25, 0.3) is 5.91 Å². The van der Waals surface area contributed by atoms with Crippen LogP contribution in [0.5, 0.6) is 0 Å². The van der Waals surface area contributed by atoms with Gasteiger partial charge >= 0.3 is 0 Å². The Morgan fingerprint density at radius 3 is 2.90 bits per heavy atom. The molecule has 1 aromatic heterocycles. The molecular weight excluding hydrogens is 330 g/mol. The van der Waals surface area contributed by atoms with Gasteiger partial charge in [0.2, 0.25) is 0 Å². The number of aryl methyl sites for hydroxylation is 1. The van der Waals surface area contributed by atoms with Gasteiger partial charge in [0.1, 0.15) is 0 Å². The van der Waals surface area contributed by atoms with E-state index < -0.39 is 0 Å². The molecule has 0 aliphatic carbocycles. The number of H-pyrrole nitrogens is 1. The van der Waals surface area contributed by atoms with Crippen molar-refractivity contribution in [1.29, 1.82) is 0 Å². The fraction of sp³-hybridized carbons (Fsp3) is 0.0625. The van der Waals surface area contributed by atoms with Crippen LogP contribution in [-0.4, -0.2) is 10.9 Å². The Morgan fingerprint density at radius 2 is 2.10 bits per heavy atom. The smallest absolute Gasteiger partial charge is 0.257 e. The molecular formula is C16H14BrN3O. The van der Waals surface area contributed by atoms with Gasteiger partial charge in [-0.2, -0.15) is 0 Å². The van der Waals surface area contributed by atoms with E-state index in [0.717, 1.165) is 26.6 Å². The molecule has 106 valence electrons. The lowest BCUT2D eigenvalue weighted by atomic mass is 10.1. The molecule has 21 heavy (non-hydrogen) atoms. The van der Waals surface area contributed by atoms with Crippen molar-refractivity contribution in [1.82, 2.24) is 4.98 Å². The molecule has 1 amide bonds. The molecule has 2 aromatic carbocycles. The molecule has 0 saturated heterocycles. The second-order valence-corrected chi connectivity index (χ2v) is 5.69. The molecule has 0 fully saturated rings. The van der Waals surface area contributed by atoms with E-state index in [1.807, 2.05) is 37.3 Å². The van der Waals surface area contributed by atoms with Crippen LogP contribution >= 0.6 is 15.9 Å². The third-order valence-electron chi connectivity index (χ3n) is 3.39. The first-order valence-corrected chi connectivity index (χ1v) is 7.28. The highest BCUT2D eigenvalue weighted by molar-refractivity contribution is 9.10. The summed E-state index contributed by atoms with van der Waals surface area (Å²) in [5.74, 6) is -0.155. The predicted octanol–water partition coefficient (Wildman–Crippen LogP) is 4.07.